The van der Waals surface area contributed by atoms with Crippen molar-refractivity contribution in [3.8, 4) is 0 Å². The molecule has 0 aromatic heterocycles. The van der Waals surface area contributed by atoms with Gasteiger partial charge in [0, 0.05) is 16.9 Å². The molecule has 3 N–H and O–H groups in total. The quantitative estimate of drug-likeness (QED) is 0.398. The normalized spacial score (nSPS) is 21.0. The Kier molecular flexibility index (Phi) is 8.34. The second kappa shape index (κ2) is 10.4. The Hall–Kier alpha value is -2.55. The molecule has 1 amide bonds. The molecule has 0 saturated heterocycles. The van der Waals surface area contributed by atoms with Crippen molar-refractivity contribution < 1.29 is 22.4 Å². The number of thioether (sulfide) groups is 1. The summed E-state index contributed by atoms with van der Waals surface area (Å²) in [5, 5.41) is 2.90. The average Bonchev–Trinajstić information content (AvgIpc) is 2.73. The van der Waals surface area contributed by atoms with Gasteiger partial charge in [0.25, 0.3) is 5.91 Å². The fourth-order valence-electron chi connectivity index (χ4n) is 3.19. The zero-order chi connectivity index (χ0) is 24.1. The number of nitrogens with one attached hydrogen (secondary N) is 1. The van der Waals surface area contributed by atoms with Crippen LogP contribution in [0.5, 0.6) is 0 Å². The number of amidine groups is 1. The van der Waals surface area contributed by atoms with Crippen molar-refractivity contribution >= 4 is 22.8 Å². The van der Waals surface area contributed by atoms with Gasteiger partial charge in [0.2, 0.25) is 0 Å². The number of aliphatic imine (C=N–C) groups is 1. The number of aryl methyl sites for hydroxylation is 1. The van der Waals surface area contributed by atoms with E-state index in [0.717, 1.165) is 17.9 Å². The van der Waals surface area contributed by atoms with Gasteiger partial charge >= 0.3 is 5.92 Å². The van der Waals surface area contributed by atoms with Crippen molar-refractivity contribution in [2.24, 2.45) is 10.7 Å². The highest BCUT2D eigenvalue weighted by Crippen LogP contribution is 2.33. The number of allylic oxidation sites excluding steroid dienone is 2. The first kappa shape index (κ1) is 25.7. The number of amides is 1. The molecule has 2 unspecified atom stereocenters. The van der Waals surface area contributed by atoms with E-state index in [9.17, 15) is 22.4 Å². The van der Waals surface area contributed by atoms with Crippen LogP contribution >= 0.6 is 11.8 Å². The number of benzene rings is 1. The Morgan fingerprint density at radius 2 is 2.12 bits per heavy atom. The highest BCUT2D eigenvalue weighted by Gasteiger charge is 2.33. The molecule has 4 nitrogen and oxygen atoms in total. The van der Waals surface area contributed by atoms with Crippen LogP contribution in [0.1, 0.15) is 41.8 Å². The maximum Gasteiger partial charge on any atom is 0.301 e. The van der Waals surface area contributed by atoms with E-state index in [4.69, 9.17) is 5.73 Å². The van der Waals surface area contributed by atoms with Crippen LogP contribution in [0.25, 0.3) is 0 Å². The van der Waals surface area contributed by atoms with Gasteiger partial charge in [-0.3, -0.25) is 9.79 Å². The predicted molar refractivity (Wildman–Crippen MR) is 123 cm³/mol. The second-order valence-electron chi connectivity index (χ2n) is 7.76. The van der Waals surface area contributed by atoms with E-state index in [0.29, 0.717) is 22.7 Å². The van der Waals surface area contributed by atoms with E-state index < -0.39 is 41.5 Å². The van der Waals surface area contributed by atoms with E-state index in [1.54, 1.807) is 13.0 Å². The lowest BCUT2D eigenvalue weighted by Gasteiger charge is -2.30. The molecule has 0 bridgehead atoms. The van der Waals surface area contributed by atoms with Crippen LogP contribution in [0.2, 0.25) is 0 Å². The molecule has 9 heteroatoms. The second-order valence-corrected chi connectivity index (χ2v) is 8.88. The van der Waals surface area contributed by atoms with Crippen molar-refractivity contribution in [1.29, 1.82) is 0 Å². The van der Waals surface area contributed by atoms with Crippen LogP contribution in [0.4, 0.5) is 17.6 Å². The first-order valence-corrected chi connectivity index (χ1v) is 11.0. The minimum Gasteiger partial charge on any atom is -0.379 e. The molecule has 1 aromatic carbocycles. The number of carbonyl (C=O) groups excluding carboxylic acids is 1. The smallest absolute Gasteiger partial charge is 0.301 e. The highest BCUT2D eigenvalue weighted by molar-refractivity contribution is 8.13. The number of nitrogens with two attached hydrogens (primary N) is 1. The number of halogens is 4. The molecule has 2 rings (SSSR count). The van der Waals surface area contributed by atoms with E-state index in [2.05, 4.69) is 16.9 Å². The van der Waals surface area contributed by atoms with Crippen molar-refractivity contribution in [1.82, 2.24) is 5.32 Å². The molecule has 0 radical (unpaired) electrons. The van der Waals surface area contributed by atoms with Crippen LogP contribution in [0, 0.1) is 6.92 Å². The number of hydrogen-bond donors (Lipinski definition) is 2. The largest absolute Gasteiger partial charge is 0.379 e. The van der Waals surface area contributed by atoms with E-state index in [1.165, 1.54) is 36.9 Å². The minimum atomic E-state index is -3.70. The zero-order valence-corrected chi connectivity index (χ0v) is 19.0. The van der Waals surface area contributed by atoms with Crippen LogP contribution in [0.3, 0.4) is 0 Å². The Morgan fingerprint density at radius 3 is 2.72 bits per heavy atom. The lowest BCUT2D eigenvalue weighted by Crippen LogP contribution is -2.34. The molecule has 32 heavy (non-hydrogen) atoms. The summed E-state index contributed by atoms with van der Waals surface area (Å²) >= 11 is 1.45. The highest BCUT2D eigenvalue weighted by atomic mass is 32.2. The first-order valence-electron chi connectivity index (χ1n) is 9.97. The summed E-state index contributed by atoms with van der Waals surface area (Å²) in [4.78, 5) is 17.0. The monoisotopic (exact) mass is 469 g/mol. The minimum absolute atomic E-state index is 0.0744. The molecular weight excluding hydrogens is 442 g/mol. The van der Waals surface area contributed by atoms with Gasteiger partial charge in [-0.15, -0.1) is 0 Å². The molecule has 1 heterocycles. The van der Waals surface area contributed by atoms with Crippen molar-refractivity contribution in [2.45, 2.75) is 44.7 Å². The molecule has 1 aliphatic heterocycles. The topological polar surface area (TPSA) is 67.5 Å². The molecule has 0 spiro atoms. The van der Waals surface area contributed by atoms with E-state index in [-0.39, 0.29) is 5.56 Å². The number of alkyl halides is 3. The van der Waals surface area contributed by atoms with Crippen molar-refractivity contribution in [2.75, 3.05) is 12.4 Å². The molecule has 1 aliphatic rings. The molecule has 0 saturated carbocycles. The van der Waals surface area contributed by atoms with Gasteiger partial charge in [-0.05, 0) is 50.5 Å². The van der Waals surface area contributed by atoms with Gasteiger partial charge in [-0.25, -0.2) is 8.78 Å². The summed E-state index contributed by atoms with van der Waals surface area (Å²) in [6.45, 7) is 6.75. The maximum atomic E-state index is 14.7. The molecule has 174 valence electrons. The standard InChI is InChI=1S/C23H27F4N3OS/c1-5-16(22(4)10-11-32-21(28)30-22)8-9-19(25)15(3)29-20(31)18-12-17(7-6-14(18)2)23(26,27)13-24/h5-9,12,15H,1,10-11,13H2,2-4H3,(H2,28,30)(H,29,31)/b16-8+,19-9+. The van der Waals surface area contributed by atoms with Crippen LogP contribution in [-0.4, -0.2) is 35.1 Å². The number of rotatable bonds is 8. The van der Waals surface area contributed by atoms with Gasteiger partial charge in [0.05, 0.1) is 11.6 Å². The van der Waals surface area contributed by atoms with Crippen LogP contribution in [0.15, 0.2) is 59.4 Å². The van der Waals surface area contributed by atoms with Gasteiger partial charge < -0.3 is 11.1 Å². The maximum absolute atomic E-state index is 14.7. The fourth-order valence-corrected chi connectivity index (χ4v) is 4.17. The van der Waals surface area contributed by atoms with Crippen molar-refractivity contribution in [3.05, 3.63) is 71.1 Å². The predicted octanol–water partition coefficient (Wildman–Crippen LogP) is 5.35. The number of hydrogen-bond acceptors (Lipinski definition) is 4. The molecule has 1 aromatic rings. The summed E-state index contributed by atoms with van der Waals surface area (Å²) in [6.07, 6.45) is 5.03. The third kappa shape index (κ3) is 6.03. The van der Waals surface area contributed by atoms with Crippen molar-refractivity contribution in [3.63, 3.8) is 0 Å². The molecule has 0 fully saturated rings. The SMILES string of the molecule is C=C/C(=C\C=C(\F)C(C)NC(=O)c1cc(C(F)(F)CF)ccc1C)C1(C)CCSC(N)=N1. The van der Waals surface area contributed by atoms with Crippen LogP contribution < -0.4 is 11.1 Å². The van der Waals surface area contributed by atoms with E-state index >= 15 is 0 Å². The summed E-state index contributed by atoms with van der Waals surface area (Å²) in [5.74, 6) is -4.32. The summed E-state index contributed by atoms with van der Waals surface area (Å²) in [6, 6.07) is 2.27. The summed E-state index contributed by atoms with van der Waals surface area (Å²) in [7, 11) is 0. The zero-order valence-electron chi connectivity index (χ0n) is 18.2. The van der Waals surface area contributed by atoms with Gasteiger partial charge in [0.15, 0.2) is 11.8 Å². The van der Waals surface area contributed by atoms with E-state index in [1.807, 2.05) is 6.92 Å². The molecule has 0 aliphatic carbocycles. The average molecular weight is 470 g/mol. The number of carbonyl (C=O) groups is 1. The summed E-state index contributed by atoms with van der Waals surface area (Å²) in [5.41, 5.74) is 5.59. The van der Waals surface area contributed by atoms with Gasteiger partial charge in [0.1, 0.15) is 5.83 Å². The van der Waals surface area contributed by atoms with Gasteiger partial charge in [-0.1, -0.05) is 42.6 Å². The number of nitrogens with zero attached hydrogens (tertiary/aromatic N) is 1. The Labute approximate surface area is 189 Å². The fraction of sp³-hybridized carbons (Fsp3) is 0.391. The third-order valence-electron chi connectivity index (χ3n) is 5.29. The Morgan fingerprint density at radius 1 is 1.44 bits per heavy atom. The first-order chi connectivity index (χ1) is 14.9. The molecular formula is C23H27F4N3OS. The van der Waals surface area contributed by atoms with Crippen LogP contribution in [-0.2, 0) is 5.92 Å². The van der Waals surface area contributed by atoms with Gasteiger partial charge in [-0.2, -0.15) is 8.78 Å². The Balaban J connectivity index is 2.20. The lowest BCUT2D eigenvalue weighted by molar-refractivity contribution is -0.0281. The third-order valence-corrected chi connectivity index (χ3v) is 6.09. The molecule has 2 atom stereocenters. The Bertz CT molecular complexity index is 974. The summed E-state index contributed by atoms with van der Waals surface area (Å²) < 4.78 is 54.6. The lowest BCUT2D eigenvalue weighted by atomic mass is 9.89.